The Hall–Kier alpha value is -1.81. The van der Waals surface area contributed by atoms with Crippen LogP contribution in [-0.2, 0) is 0 Å². The van der Waals surface area contributed by atoms with Crippen LogP contribution in [0.4, 0.5) is 0 Å². The number of primary amides is 1. The second-order valence-corrected chi connectivity index (χ2v) is 5.95. The van der Waals surface area contributed by atoms with Gasteiger partial charge in [0.25, 0.3) is 5.91 Å². The third kappa shape index (κ3) is 1.68. The van der Waals surface area contributed by atoms with Gasteiger partial charge in [0.2, 0.25) is 0 Å². The number of amides is 1. The fourth-order valence-electron chi connectivity index (χ4n) is 3.91. The van der Waals surface area contributed by atoms with Crippen molar-refractivity contribution >= 4 is 16.9 Å². The van der Waals surface area contributed by atoms with Gasteiger partial charge in [0.05, 0.1) is 0 Å². The minimum absolute atomic E-state index is 0.366. The summed E-state index contributed by atoms with van der Waals surface area (Å²) in [4.78, 5) is 14.2. The number of nitrogens with zero attached hydrogens (tertiary/aromatic N) is 1. The molecule has 4 heterocycles. The molecule has 3 fully saturated rings. The van der Waals surface area contributed by atoms with Crippen LogP contribution in [-0.4, -0.2) is 30.4 Å². The van der Waals surface area contributed by atoms with Crippen LogP contribution in [0.5, 0.6) is 0 Å². The molecule has 20 heavy (non-hydrogen) atoms. The number of fused-ring (bicyclic) bond motifs is 4. The van der Waals surface area contributed by atoms with Crippen molar-refractivity contribution in [2.45, 2.75) is 18.8 Å². The third-order valence-electron chi connectivity index (χ3n) is 4.88. The molecule has 1 amide bonds. The molecule has 1 aromatic heterocycles. The number of para-hydroxylation sites is 1. The predicted molar refractivity (Wildman–Crippen MR) is 76.6 cm³/mol. The minimum atomic E-state index is -0.451. The molecule has 4 nitrogen and oxygen atoms in total. The van der Waals surface area contributed by atoms with Gasteiger partial charge in [0.1, 0.15) is 5.58 Å². The van der Waals surface area contributed by atoms with Crippen LogP contribution in [0.1, 0.15) is 34.9 Å². The summed E-state index contributed by atoms with van der Waals surface area (Å²) in [5.41, 5.74) is 7.35. The Bertz CT molecular complexity index is 668. The van der Waals surface area contributed by atoms with E-state index in [0.717, 1.165) is 23.1 Å². The van der Waals surface area contributed by atoms with Gasteiger partial charge < -0.3 is 15.1 Å². The van der Waals surface area contributed by atoms with E-state index >= 15 is 0 Å². The van der Waals surface area contributed by atoms with Crippen LogP contribution in [0.25, 0.3) is 11.0 Å². The first kappa shape index (κ1) is 12.0. The predicted octanol–water partition coefficient (Wildman–Crippen LogP) is 2.34. The Kier molecular flexibility index (Phi) is 2.60. The summed E-state index contributed by atoms with van der Waals surface area (Å²) in [7, 11) is 0. The van der Waals surface area contributed by atoms with Gasteiger partial charge in [-0.15, -0.1) is 0 Å². The van der Waals surface area contributed by atoms with Gasteiger partial charge in [-0.2, -0.15) is 0 Å². The average Bonchev–Trinajstić information content (AvgIpc) is 2.88. The molecular formula is C16H18N2O2. The largest absolute Gasteiger partial charge is 0.451 e. The van der Waals surface area contributed by atoms with E-state index in [1.54, 1.807) is 0 Å². The molecule has 104 valence electrons. The van der Waals surface area contributed by atoms with Crippen molar-refractivity contribution in [1.82, 2.24) is 4.90 Å². The smallest absolute Gasteiger partial charge is 0.284 e. The fraction of sp³-hybridized carbons (Fsp3) is 0.438. The number of carbonyl (C=O) groups is 1. The maximum Gasteiger partial charge on any atom is 0.284 e. The summed E-state index contributed by atoms with van der Waals surface area (Å²) in [6, 6.07) is 7.87. The summed E-state index contributed by atoms with van der Waals surface area (Å²) in [6.07, 6.45) is 2.42. The number of hydrogen-bond donors (Lipinski definition) is 1. The van der Waals surface area contributed by atoms with E-state index in [1.165, 1.54) is 25.9 Å². The van der Waals surface area contributed by atoms with Gasteiger partial charge in [-0.1, -0.05) is 18.2 Å². The van der Waals surface area contributed by atoms with Crippen LogP contribution >= 0.6 is 0 Å². The molecule has 1 unspecified atom stereocenters. The van der Waals surface area contributed by atoms with Gasteiger partial charge in [0, 0.05) is 23.4 Å². The molecule has 3 saturated heterocycles. The van der Waals surface area contributed by atoms with Crippen LogP contribution in [0, 0.1) is 5.92 Å². The van der Waals surface area contributed by atoms with Crippen molar-refractivity contribution < 1.29 is 9.21 Å². The maximum absolute atomic E-state index is 11.8. The van der Waals surface area contributed by atoms with E-state index in [0.29, 0.717) is 17.6 Å². The maximum atomic E-state index is 11.8. The number of benzene rings is 1. The first-order valence-corrected chi connectivity index (χ1v) is 7.27. The monoisotopic (exact) mass is 270 g/mol. The molecule has 0 saturated carbocycles. The molecule has 0 spiro atoms. The van der Waals surface area contributed by atoms with Crippen molar-refractivity contribution in [3.05, 3.63) is 35.6 Å². The zero-order valence-corrected chi connectivity index (χ0v) is 11.3. The molecule has 3 aliphatic heterocycles. The topological polar surface area (TPSA) is 59.5 Å². The lowest BCUT2D eigenvalue weighted by atomic mass is 9.74. The van der Waals surface area contributed by atoms with E-state index in [4.69, 9.17) is 10.2 Å². The van der Waals surface area contributed by atoms with Crippen molar-refractivity contribution in [3.8, 4) is 0 Å². The summed E-state index contributed by atoms with van der Waals surface area (Å²) in [5, 5.41) is 1.06. The highest BCUT2D eigenvalue weighted by Crippen LogP contribution is 2.43. The summed E-state index contributed by atoms with van der Waals surface area (Å²) >= 11 is 0. The first-order valence-electron chi connectivity index (χ1n) is 7.27. The zero-order chi connectivity index (χ0) is 13.7. The first-order chi connectivity index (χ1) is 9.74. The molecule has 0 radical (unpaired) electrons. The number of piperidine rings is 3. The van der Waals surface area contributed by atoms with Gasteiger partial charge in [-0.3, -0.25) is 4.79 Å². The van der Waals surface area contributed by atoms with Gasteiger partial charge in [-0.25, -0.2) is 0 Å². The van der Waals surface area contributed by atoms with Crippen molar-refractivity contribution in [3.63, 3.8) is 0 Å². The highest BCUT2D eigenvalue weighted by Gasteiger charge is 2.38. The molecule has 2 N–H and O–H groups in total. The third-order valence-corrected chi connectivity index (χ3v) is 4.88. The van der Waals surface area contributed by atoms with Gasteiger partial charge in [0.15, 0.2) is 5.76 Å². The zero-order valence-electron chi connectivity index (χ0n) is 11.3. The van der Waals surface area contributed by atoms with Crippen LogP contribution in [0.2, 0.25) is 0 Å². The molecule has 2 aromatic rings. The van der Waals surface area contributed by atoms with Gasteiger partial charge >= 0.3 is 0 Å². The lowest BCUT2D eigenvalue weighted by molar-refractivity contribution is 0.0849. The van der Waals surface area contributed by atoms with E-state index in [1.807, 2.05) is 24.3 Å². The van der Waals surface area contributed by atoms with Crippen LogP contribution < -0.4 is 5.73 Å². The fourth-order valence-corrected chi connectivity index (χ4v) is 3.91. The van der Waals surface area contributed by atoms with E-state index in [9.17, 15) is 4.79 Å². The van der Waals surface area contributed by atoms with Crippen molar-refractivity contribution in [2.24, 2.45) is 11.7 Å². The van der Waals surface area contributed by atoms with Crippen molar-refractivity contribution in [1.29, 1.82) is 0 Å². The number of carbonyl (C=O) groups excluding carboxylic acids is 1. The number of nitrogens with two attached hydrogens (primary N) is 1. The van der Waals surface area contributed by atoms with E-state index in [2.05, 4.69) is 4.90 Å². The standard InChI is InChI=1S/C16H18N2O2/c17-16(19)15-14(11-3-1-2-4-13(11)20-15)12-9-18-7-5-10(12)6-8-18/h1-4,10,12H,5-9H2,(H2,17,19). The number of rotatable bonds is 2. The molecule has 4 heteroatoms. The number of hydrogen-bond acceptors (Lipinski definition) is 3. The molecular weight excluding hydrogens is 252 g/mol. The Morgan fingerprint density at radius 1 is 1.25 bits per heavy atom. The molecule has 5 rings (SSSR count). The molecule has 1 atom stereocenters. The van der Waals surface area contributed by atoms with E-state index < -0.39 is 5.91 Å². The Morgan fingerprint density at radius 3 is 2.65 bits per heavy atom. The lowest BCUT2D eigenvalue weighted by Crippen LogP contribution is -2.46. The second kappa shape index (κ2) is 4.35. The highest BCUT2D eigenvalue weighted by atomic mass is 16.3. The summed E-state index contributed by atoms with van der Waals surface area (Å²) < 4.78 is 5.73. The molecule has 0 aliphatic carbocycles. The summed E-state index contributed by atoms with van der Waals surface area (Å²) in [5.74, 6) is 0.945. The molecule has 1 aromatic carbocycles. The lowest BCUT2D eigenvalue weighted by Gasteiger charge is -2.44. The van der Waals surface area contributed by atoms with Gasteiger partial charge in [-0.05, 0) is 37.9 Å². The Morgan fingerprint density at radius 2 is 2.00 bits per heavy atom. The normalized spacial score (nSPS) is 28.9. The molecule has 2 bridgehead atoms. The van der Waals surface area contributed by atoms with Crippen molar-refractivity contribution in [2.75, 3.05) is 19.6 Å². The number of furan rings is 1. The second-order valence-electron chi connectivity index (χ2n) is 5.95. The average molecular weight is 270 g/mol. The highest BCUT2D eigenvalue weighted by molar-refractivity contribution is 5.98. The Balaban J connectivity index is 1.89. The van der Waals surface area contributed by atoms with E-state index in [-0.39, 0.29) is 0 Å². The minimum Gasteiger partial charge on any atom is -0.451 e. The summed E-state index contributed by atoms with van der Waals surface area (Å²) in [6.45, 7) is 3.39. The Labute approximate surface area is 117 Å². The van der Waals surface area contributed by atoms with Crippen LogP contribution in [0.15, 0.2) is 28.7 Å². The quantitative estimate of drug-likeness (QED) is 0.911. The molecule has 3 aliphatic rings. The van der Waals surface area contributed by atoms with Crippen LogP contribution in [0.3, 0.4) is 0 Å². The SMILES string of the molecule is NC(=O)c1oc2ccccc2c1C1CN2CCC1CC2.